The van der Waals surface area contributed by atoms with E-state index in [1.807, 2.05) is 13.0 Å². The maximum atomic E-state index is 13.7. The molecule has 47 heavy (non-hydrogen) atoms. The molecule has 12 heteroatoms. The lowest BCUT2D eigenvalue weighted by Crippen LogP contribution is -2.30. The van der Waals surface area contributed by atoms with Crippen LogP contribution in [0.2, 0.25) is 5.02 Å². The highest BCUT2D eigenvalue weighted by molar-refractivity contribution is 8.00. The third-order valence-corrected chi connectivity index (χ3v) is 8.40. The molecule has 3 N–H and O–H groups in total. The zero-order valence-electron chi connectivity index (χ0n) is 26.1. The van der Waals surface area contributed by atoms with Crippen LogP contribution >= 0.6 is 23.4 Å². The summed E-state index contributed by atoms with van der Waals surface area (Å²) in [5, 5.41) is 7.73. The van der Waals surface area contributed by atoms with Gasteiger partial charge in [-0.05, 0) is 78.7 Å². The SMILES string of the molecule is CCC(Sc1cccc(NC(=O)/C(=C\c2cc(OC)c(OC)c(OC)c2)NC(=O)c2ccccc2)c1)C(=O)Nc1ccc(F)c(Cl)c1. The first-order valence-electron chi connectivity index (χ1n) is 14.4. The molecule has 0 bridgehead atoms. The van der Waals surface area contributed by atoms with Crippen LogP contribution in [0.15, 0.2) is 95.5 Å². The van der Waals surface area contributed by atoms with Crippen molar-refractivity contribution < 1.29 is 33.0 Å². The molecule has 0 radical (unpaired) electrons. The smallest absolute Gasteiger partial charge is 0.272 e. The van der Waals surface area contributed by atoms with Gasteiger partial charge in [0.15, 0.2) is 11.5 Å². The third kappa shape index (κ3) is 9.27. The second kappa shape index (κ2) is 16.5. The number of thioether (sulfide) groups is 1. The second-order valence-electron chi connectivity index (χ2n) is 9.95. The molecular formula is C35H33ClFN3O6S. The highest BCUT2D eigenvalue weighted by atomic mass is 35.5. The summed E-state index contributed by atoms with van der Waals surface area (Å²) >= 11 is 7.16. The minimum Gasteiger partial charge on any atom is -0.493 e. The summed E-state index contributed by atoms with van der Waals surface area (Å²) in [6.45, 7) is 1.87. The molecule has 1 atom stereocenters. The quantitative estimate of drug-likeness (QED) is 0.0996. The van der Waals surface area contributed by atoms with Gasteiger partial charge in [0.25, 0.3) is 11.8 Å². The molecular weight excluding hydrogens is 645 g/mol. The van der Waals surface area contributed by atoms with Gasteiger partial charge < -0.3 is 30.2 Å². The van der Waals surface area contributed by atoms with Gasteiger partial charge >= 0.3 is 0 Å². The van der Waals surface area contributed by atoms with E-state index in [0.717, 1.165) is 0 Å². The van der Waals surface area contributed by atoms with E-state index >= 15 is 0 Å². The molecule has 0 aliphatic rings. The second-order valence-corrected chi connectivity index (χ2v) is 11.6. The van der Waals surface area contributed by atoms with Crippen LogP contribution in [0.3, 0.4) is 0 Å². The number of benzene rings is 4. The van der Waals surface area contributed by atoms with Crippen LogP contribution in [0.1, 0.15) is 29.3 Å². The van der Waals surface area contributed by atoms with Crippen LogP contribution in [-0.4, -0.2) is 44.3 Å². The number of methoxy groups -OCH3 is 3. The molecule has 4 aromatic carbocycles. The number of carbonyl (C=O) groups excluding carboxylic acids is 3. The van der Waals surface area contributed by atoms with Crippen LogP contribution in [0.25, 0.3) is 6.08 Å². The van der Waals surface area contributed by atoms with Crippen LogP contribution in [0.4, 0.5) is 15.8 Å². The molecule has 9 nitrogen and oxygen atoms in total. The van der Waals surface area contributed by atoms with Gasteiger partial charge in [-0.3, -0.25) is 14.4 Å². The molecule has 244 valence electrons. The maximum absolute atomic E-state index is 13.7. The van der Waals surface area contributed by atoms with Crippen molar-refractivity contribution in [2.75, 3.05) is 32.0 Å². The fourth-order valence-corrected chi connectivity index (χ4v) is 5.62. The summed E-state index contributed by atoms with van der Waals surface area (Å²) in [4.78, 5) is 40.5. The summed E-state index contributed by atoms with van der Waals surface area (Å²) in [5.41, 5.74) is 1.63. The molecule has 0 fully saturated rings. The normalized spacial score (nSPS) is 11.7. The van der Waals surface area contributed by atoms with E-state index in [9.17, 15) is 18.8 Å². The molecule has 0 spiro atoms. The van der Waals surface area contributed by atoms with Gasteiger partial charge in [-0.1, -0.05) is 42.8 Å². The largest absolute Gasteiger partial charge is 0.493 e. The van der Waals surface area contributed by atoms with Crippen molar-refractivity contribution in [1.82, 2.24) is 5.32 Å². The Morgan fingerprint density at radius 2 is 1.53 bits per heavy atom. The summed E-state index contributed by atoms with van der Waals surface area (Å²) in [5.74, 6) is -0.824. The Morgan fingerprint density at radius 1 is 0.851 bits per heavy atom. The fourth-order valence-electron chi connectivity index (χ4n) is 4.42. The first-order chi connectivity index (χ1) is 22.6. The van der Waals surface area contributed by atoms with E-state index in [-0.39, 0.29) is 16.6 Å². The summed E-state index contributed by atoms with van der Waals surface area (Å²) in [6, 6.07) is 22.7. The predicted octanol–water partition coefficient (Wildman–Crippen LogP) is 7.42. The van der Waals surface area contributed by atoms with Gasteiger partial charge in [0, 0.05) is 21.8 Å². The summed E-state index contributed by atoms with van der Waals surface area (Å²) in [7, 11) is 4.44. The zero-order chi connectivity index (χ0) is 33.9. The van der Waals surface area contributed by atoms with Gasteiger partial charge in [-0.25, -0.2) is 4.39 Å². The van der Waals surface area contributed by atoms with E-state index in [0.29, 0.717) is 51.1 Å². The van der Waals surface area contributed by atoms with E-state index < -0.39 is 22.9 Å². The Hall–Kier alpha value is -5.00. The Kier molecular flexibility index (Phi) is 12.3. The standard InChI is InChI=1S/C35H33ClFN3O6S/c1-5-31(35(43)39-24-14-15-27(37)26(36)20-24)47-25-13-9-12-23(19-25)38-34(42)28(40-33(41)22-10-7-6-8-11-22)16-21-17-29(44-2)32(46-4)30(18-21)45-3/h6-20,31H,5H2,1-4H3,(H,38,42)(H,39,43)(H,40,41)/b28-16+. The van der Waals surface area contributed by atoms with Crippen molar-refractivity contribution in [2.24, 2.45) is 0 Å². The maximum Gasteiger partial charge on any atom is 0.272 e. The van der Waals surface area contributed by atoms with Crippen LogP contribution < -0.4 is 30.2 Å². The van der Waals surface area contributed by atoms with Crippen molar-refractivity contribution in [3.05, 3.63) is 113 Å². The lowest BCUT2D eigenvalue weighted by molar-refractivity contribution is -0.116. The summed E-state index contributed by atoms with van der Waals surface area (Å²) in [6.07, 6.45) is 1.99. The van der Waals surface area contributed by atoms with Gasteiger partial charge in [-0.2, -0.15) is 0 Å². The zero-order valence-corrected chi connectivity index (χ0v) is 27.6. The number of ether oxygens (including phenoxy) is 3. The summed E-state index contributed by atoms with van der Waals surface area (Å²) < 4.78 is 29.8. The number of anilines is 2. The van der Waals surface area contributed by atoms with Crippen molar-refractivity contribution in [3.8, 4) is 17.2 Å². The monoisotopic (exact) mass is 677 g/mol. The number of rotatable bonds is 13. The van der Waals surface area contributed by atoms with Crippen molar-refractivity contribution in [3.63, 3.8) is 0 Å². The molecule has 3 amide bonds. The first-order valence-corrected chi connectivity index (χ1v) is 15.6. The van der Waals surface area contributed by atoms with E-state index in [1.165, 1.54) is 57.4 Å². The lowest BCUT2D eigenvalue weighted by Gasteiger charge is -2.16. The fraction of sp³-hybridized carbons (Fsp3) is 0.171. The third-order valence-electron chi connectivity index (χ3n) is 6.75. The minimum absolute atomic E-state index is 0.0463. The Labute approximate surface area is 281 Å². The average Bonchev–Trinajstić information content (AvgIpc) is 3.08. The van der Waals surface area contributed by atoms with Crippen LogP contribution in [-0.2, 0) is 9.59 Å². The molecule has 0 saturated carbocycles. The highest BCUT2D eigenvalue weighted by Crippen LogP contribution is 2.39. The van der Waals surface area contributed by atoms with Crippen LogP contribution in [0.5, 0.6) is 17.2 Å². The van der Waals surface area contributed by atoms with Gasteiger partial charge in [0.2, 0.25) is 11.7 Å². The van der Waals surface area contributed by atoms with E-state index in [4.69, 9.17) is 25.8 Å². The number of amides is 3. The predicted molar refractivity (Wildman–Crippen MR) is 183 cm³/mol. The number of hydrogen-bond acceptors (Lipinski definition) is 7. The molecule has 4 aromatic rings. The van der Waals surface area contributed by atoms with E-state index in [1.54, 1.807) is 60.7 Å². The van der Waals surface area contributed by atoms with Crippen molar-refractivity contribution in [2.45, 2.75) is 23.5 Å². The molecule has 0 aromatic heterocycles. The van der Waals surface area contributed by atoms with E-state index in [2.05, 4.69) is 16.0 Å². The van der Waals surface area contributed by atoms with Gasteiger partial charge in [0.05, 0.1) is 31.6 Å². The number of halogens is 2. The van der Waals surface area contributed by atoms with Crippen molar-refractivity contribution in [1.29, 1.82) is 0 Å². The van der Waals surface area contributed by atoms with Gasteiger partial charge in [-0.15, -0.1) is 11.8 Å². The lowest BCUT2D eigenvalue weighted by atomic mass is 10.1. The van der Waals surface area contributed by atoms with Crippen LogP contribution in [0, 0.1) is 5.82 Å². The Morgan fingerprint density at radius 3 is 2.15 bits per heavy atom. The Bertz CT molecular complexity index is 1760. The first kappa shape index (κ1) is 34.9. The van der Waals surface area contributed by atoms with Crippen molar-refractivity contribution >= 4 is 58.5 Å². The Balaban J connectivity index is 1.58. The number of hydrogen-bond donors (Lipinski definition) is 3. The molecule has 0 saturated heterocycles. The van der Waals surface area contributed by atoms with Gasteiger partial charge in [0.1, 0.15) is 11.5 Å². The minimum atomic E-state index is -0.594. The molecule has 4 rings (SSSR count). The molecule has 1 unspecified atom stereocenters. The molecule has 0 heterocycles. The molecule has 0 aliphatic heterocycles. The number of nitrogens with one attached hydrogen (secondary N) is 3. The molecule has 0 aliphatic carbocycles. The highest BCUT2D eigenvalue weighted by Gasteiger charge is 2.21. The number of carbonyl (C=O) groups is 3. The topological polar surface area (TPSA) is 115 Å². The average molecular weight is 678 g/mol.